The van der Waals surface area contributed by atoms with Gasteiger partial charge in [-0.1, -0.05) is 49.6 Å². The first-order valence-corrected chi connectivity index (χ1v) is 12.7. The van der Waals surface area contributed by atoms with Crippen molar-refractivity contribution in [3.05, 3.63) is 60.5 Å². The first-order valence-electron chi connectivity index (χ1n) is 12.7. The Bertz CT molecular complexity index is 1560. The maximum atomic E-state index is 14.2. The molecule has 4 aromatic heterocycles. The number of nitrogens with zero attached hydrogens (tertiary/aromatic N) is 6. The average Bonchev–Trinajstić information content (AvgIpc) is 3.65. The number of Topliss-reactive ketones (excluding diaryl/α,β-unsaturated/α-hetero) is 1. The van der Waals surface area contributed by atoms with Crippen molar-refractivity contribution in [1.29, 1.82) is 0 Å². The second kappa shape index (κ2) is 9.11. The normalized spacial score (nSPS) is 20.2. The van der Waals surface area contributed by atoms with Gasteiger partial charge in [0.1, 0.15) is 5.54 Å². The molecule has 0 saturated heterocycles. The molecule has 5 aromatic rings. The van der Waals surface area contributed by atoms with Crippen molar-refractivity contribution in [1.82, 2.24) is 29.4 Å². The van der Waals surface area contributed by atoms with Gasteiger partial charge in [0.25, 0.3) is 0 Å². The molecule has 0 radical (unpaired) electrons. The number of carbonyl (C=O) groups is 1. The number of hydrogen-bond acceptors (Lipinski definition) is 8. The number of rotatable bonds is 6. The highest BCUT2D eigenvalue weighted by Gasteiger charge is 2.41. The Kier molecular flexibility index (Phi) is 5.75. The number of aliphatic hydroxyl groups is 1. The van der Waals surface area contributed by atoms with E-state index in [9.17, 15) is 9.90 Å². The molecule has 0 amide bonds. The molecule has 190 valence electrons. The van der Waals surface area contributed by atoms with Gasteiger partial charge in [-0.2, -0.15) is 14.6 Å². The highest BCUT2D eigenvalue weighted by Crippen LogP contribution is 2.36. The van der Waals surface area contributed by atoms with Crippen LogP contribution in [0.15, 0.2) is 59.3 Å². The van der Waals surface area contributed by atoms with Crippen molar-refractivity contribution in [2.45, 2.75) is 57.1 Å². The standard InChI is InChI=1S/C27H29N7O3/c1-27(18-10-5-3-6-11-18,22(36)15-17-9-4-2-7-12-20(17)35)34-25-19(16-29-34)24-30-23(21-13-8-14-37-21)32-33(24)26(28)31-25/h3,5-6,8,10-11,13-14,16-17,20,35H,2,4,7,9,12,15H2,1H3,(H2,28,31). The Morgan fingerprint density at radius 2 is 1.92 bits per heavy atom. The minimum absolute atomic E-state index is 0.0346. The summed E-state index contributed by atoms with van der Waals surface area (Å²) in [6.07, 6.45) is 7.62. The van der Waals surface area contributed by atoms with E-state index in [0.29, 0.717) is 28.3 Å². The summed E-state index contributed by atoms with van der Waals surface area (Å²) in [5, 5.41) is 20.5. The summed E-state index contributed by atoms with van der Waals surface area (Å²) < 4.78 is 8.55. The van der Waals surface area contributed by atoms with Gasteiger partial charge in [-0.25, -0.2) is 9.67 Å². The van der Waals surface area contributed by atoms with Crippen LogP contribution in [0, 0.1) is 5.92 Å². The van der Waals surface area contributed by atoms with Crippen LogP contribution in [0.1, 0.15) is 51.0 Å². The van der Waals surface area contributed by atoms with Crippen molar-refractivity contribution in [2.75, 3.05) is 5.73 Å². The molecule has 0 spiro atoms. The number of aromatic nitrogens is 6. The van der Waals surface area contributed by atoms with E-state index in [1.807, 2.05) is 37.3 Å². The lowest BCUT2D eigenvalue weighted by Crippen LogP contribution is -2.43. The lowest BCUT2D eigenvalue weighted by Gasteiger charge is -2.32. The number of fused-ring (bicyclic) bond motifs is 3. The van der Waals surface area contributed by atoms with Crippen molar-refractivity contribution < 1.29 is 14.3 Å². The summed E-state index contributed by atoms with van der Waals surface area (Å²) in [6, 6.07) is 13.1. The number of nitrogen functional groups attached to an aromatic ring is 1. The second-order valence-electron chi connectivity index (χ2n) is 9.94. The van der Waals surface area contributed by atoms with E-state index in [-0.39, 0.29) is 24.1 Å². The maximum absolute atomic E-state index is 14.2. The van der Waals surface area contributed by atoms with Gasteiger partial charge in [0.2, 0.25) is 11.8 Å². The zero-order valence-electron chi connectivity index (χ0n) is 20.6. The Balaban J connectivity index is 1.49. The van der Waals surface area contributed by atoms with Crippen LogP contribution >= 0.6 is 0 Å². The van der Waals surface area contributed by atoms with Crippen molar-refractivity contribution in [3.63, 3.8) is 0 Å². The predicted octanol–water partition coefficient (Wildman–Crippen LogP) is 3.98. The van der Waals surface area contributed by atoms with E-state index >= 15 is 0 Å². The third-order valence-corrected chi connectivity index (χ3v) is 7.64. The molecule has 1 aliphatic carbocycles. The summed E-state index contributed by atoms with van der Waals surface area (Å²) in [5.41, 5.74) is 6.84. The Hall–Kier alpha value is -4.05. The number of aliphatic hydroxyl groups excluding tert-OH is 1. The van der Waals surface area contributed by atoms with Gasteiger partial charge in [-0.15, -0.1) is 5.10 Å². The third kappa shape index (κ3) is 3.88. The number of hydrogen-bond donors (Lipinski definition) is 2. The van der Waals surface area contributed by atoms with Crippen molar-refractivity contribution in [3.8, 4) is 11.6 Å². The Labute approximate surface area is 213 Å². The number of carbonyl (C=O) groups excluding carboxylic acids is 1. The van der Waals surface area contributed by atoms with Gasteiger partial charge in [0.05, 0.1) is 24.0 Å². The Morgan fingerprint density at radius 3 is 2.70 bits per heavy atom. The summed E-state index contributed by atoms with van der Waals surface area (Å²) in [7, 11) is 0. The molecule has 10 nitrogen and oxygen atoms in total. The topological polar surface area (TPSA) is 137 Å². The predicted molar refractivity (Wildman–Crippen MR) is 138 cm³/mol. The van der Waals surface area contributed by atoms with Gasteiger partial charge in [0, 0.05) is 6.42 Å². The van der Waals surface area contributed by atoms with Gasteiger partial charge in [0.15, 0.2) is 22.8 Å². The molecule has 0 aliphatic heterocycles. The van der Waals surface area contributed by atoms with E-state index in [1.54, 1.807) is 29.3 Å². The lowest BCUT2D eigenvalue weighted by molar-refractivity contribution is -0.127. The molecule has 1 fully saturated rings. The summed E-state index contributed by atoms with van der Waals surface area (Å²) in [4.78, 5) is 23.4. The van der Waals surface area contributed by atoms with Crippen LogP contribution in [0.5, 0.6) is 0 Å². The van der Waals surface area contributed by atoms with Crippen LogP contribution in [-0.4, -0.2) is 46.4 Å². The molecule has 10 heteroatoms. The quantitative estimate of drug-likeness (QED) is 0.335. The minimum Gasteiger partial charge on any atom is -0.461 e. The van der Waals surface area contributed by atoms with E-state index in [2.05, 4.69) is 20.2 Å². The monoisotopic (exact) mass is 499 g/mol. The van der Waals surface area contributed by atoms with E-state index in [4.69, 9.17) is 10.2 Å². The molecule has 1 aromatic carbocycles. The SMILES string of the molecule is CC(C(=O)CC1CCCCCC1O)(c1ccccc1)n1ncc2c1nc(N)n1nc(-c3ccco3)nc21. The summed E-state index contributed by atoms with van der Waals surface area (Å²) >= 11 is 0. The van der Waals surface area contributed by atoms with Crippen LogP contribution in [0.2, 0.25) is 0 Å². The van der Waals surface area contributed by atoms with E-state index < -0.39 is 11.6 Å². The number of benzene rings is 1. The van der Waals surface area contributed by atoms with Crippen molar-refractivity contribution in [2.24, 2.45) is 5.92 Å². The number of nitrogens with two attached hydrogens (primary N) is 1. The maximum Gasteiger partial charge on any atom is 0.225 e. The minimum atomic E-state index is -1.17. The average molecular weight is 500 g/mol. The second-order valence-corrected chi connectivity index (χ2v) is 9.94. The van der Waals surface area contributed by atoms with Crippen LogP contribution in [-0.2, 0) is 10.3 Å². The molecular weight excluding hydrogens is 470 g/mol. The Morgan fingerprint density at radius 1 is 1.11 bits per heavy atom. The first kappa shape index (κ1) is 23.4. The third-order valence-electron chi connectivity index (χ3n) is 7.64. The van der Waals surface area contributed by atoms with Gasteiger partial charge >= 0.3 is 0 Å². The fraction of sp³-hybridized carbons (Fsp3) is 0.370. The molecular formula is C27H29N7O3. The number of ketones is 1. The van der Waals surface area contributed by atoms with Gasteiger partial charge < -0.3 is 15.3 Å². The van der Waals surface area contributed by atoms with Crippen LogP contribution in [0.3, 0.4) is 0 Å². The fourth-order valence-electron chi connectivity index (χ4n) is 5.45. The van der Waals surface area contributed by atoms with E-state index in [0.717, 1.165) is 37.7 Å². The smallest absolute Gasteiger partial charge is 0.225 e. The molecule has 0 bridgehead atoms. The molecule has 6 rings (SSSR count). The van der Waals surface area contributed by atoms with E-state index in [1.165, 1.54) is 4.52 Å². The van der Waals surface area contributed by atoms with Crippen molar-refractivity contribution >= 4 is 28.4 Å². The molecule has 37 heavy (non-hydrogen) atoms. The molecule has 1 aliphatic rings. The molecule has 4 heterocycles. The van der Waals surface area contributed by atoms with Crippen LogP contribution in [0.25, 0.3) is 28.3 Å². The summed E-state index contributed by atoms with van der Waals surface area (Å²) in [5.74, 6) is 0.888. The first-order chi connectivity index (χ1) is 18.0. The molecule has 1 saturated carbocycles. The van der Waals surface area contributed by atoms with Gasteiger partial charge in [-0.3, -0.25) is 4.79 Å². The highest BCUT2D eigenvalue weighted by atomic mass is 16.3. The zero-order valence-corrected chi connectivity index (χ0v) is 20.6. The van der Waals surface area contributed by atoms with Gasteiger partial charge in [-0.05, 0) is 43.4 Å². The zero-order chi connectivity index (χ0) is 25.6. The molecule has 3 N–H and O–H groups in total. The largest absolute Gasteiger partial charge is 0.461 e. The fourth-order valence-corrected chi connectivity index (χ4v) is 5.45. The van der Waals surface area contributed by atoms with Crippen LogP contribution in [0.4, 0.5) is 5.95 Å². The number of anilines is 1. The lowest BCUT2D eigenvalue weighted by atomic mass is 9.81. The van der Waals surface area contributed by atoms with Crippen LogP contribution < -0.4 is 5.73 Å². The molecule has 3 atom stereocenters. The molecule has 3 unspecified atom stereocenters. The highest BCUT2D eigenvalue weighted by molar-refractivity contribution is 5.95. The number of furan rings is 1. The summed E-state index contributed by atoms with van der Waals surface area (Å²) in [6.45, 7) is 1.86.